The Bertz CT molecular complexity index is 639. The third kappa shape index (κ3) is 2.61. The topological polar surface area (TPSA) is 88.5 Å². The van der Waals surface area contributed by atoms with Gasteiger partial charge in [0.1, 0.15) is 5.69 Å². The Hall–Kier alpha value is -1.95. The van der Waals surface area contributed by atoms with E-state index in [2.05, 4.69) is 10.3 Å². The number of nitrogens with one attached hydrogen (secondary N) is 1. The SMILES string of the molecule is CCOC1CC(NC(=O)c2ccc(C(=O)O)c(C)n2)C12CCC2. The summed E-state index contributed by atoms with van der Waals surface area (Å²) in [6, 6.07) is 3.03. The number of carbonyl (C=O) groups excluding carboxylic acids is 1. The molecular weight excluding hydrogens is 296 g/mol. The van der Waals surface area contributed by atoms with Gasteiger partial charge in [0.15, 0.2) is 0 Å². The number of aryl methyl sites for hydroxylation is 1. The number of ether oxygens (including phenoxy) is 1. The summed E-state index contributed by atoms with van der Waals surface area (Å²) in [4.78, 5) is 27.6. The van der Waals surface area contributed by atoms with Gasteiger partial charge in [-0.15, -0.1) is 0 Å². The van der Waals surface area contributed by atoms with Gasteiger partial charge in [-0.05, 0) is 45.2 Å². The first-order valence-corrected chi connectivity index (χ1v) is 8.11. The van der Waals surface area contributed by atoms with Crippen molar-refractivity contribution < 1.29 is 19.4 Å². The molecule has 2 N–H and O–H groups in total. The number of nitrogens with zero attached hydrogens (tertiary/aromatic N) is 1. The highest BCUT2D eigenvalue weighted by molar-refractivity contribution is 5.94. The second kappa shape index (κ2) is 5.92. The molecule has 0 bridgehead atoms. The van der Waals surface area contributed by atoms with Crippen LogP contribution in [0.15, 0.2) is 12.1 Å². The maximum absolute atomic E-state index is 12.4. The minimum Gasteiger partial charge on any atom is -0.478 e. The monoisotopic (exact) mass is 318 g/mol. The summed E-state index contributed by atoms with van der Waals surface area (Å²) in [6.45, 7) is 4.29. The molecule has 2 fully saturated rings. The summed E-state index contributed by atoms with van der Waals surface area (Å²) in [6.07, 6.45) is 4.45. The summed E-state index contributed by atoms with van der Waals surface area (Å²) < 4.78 is 5.78. The van der Waals surface area contributed by atoms with Gasteiger partial charge in [0.25, 0.3) is 5.91 Å². The lowest BCUT2D eigenvalue weighted by Crippen LogP contribution is -2.67. The van der Waals surface area contributed by atoms with Gasteiger partial charge in [0.05, 0.1) is 17.4 Å². The average molecular weight is 318 g/mol. The molecule has 6 heteroatoms. The Morgan fingerprint density at radius 3 is 2.70 bits per heavy atom. The first-order valence-electron chi connectivity index (χ1n) is 8.11. The standard InChI is InChI=1S/C17H22N2O4/c1-3-23-14-9-13(17(14)7-4-8-17)19-15(20)12-6-5-11(16(21)22)10(2)18-12/h5-6,13-14H,3-4,7-9H2,1-2H3,(H,19,20)(H,21,22). The number of hydrogen-bond donors (Lipinski definition) is 2. The lowest BCUT2D eigenvalue weighted by molar-refractivity contribution is -0.169. The highest BCUT2D eigenvalue weighted by Crippen LogP contribution is 2.57. The summed E-state index contributed by atoms with van der Waals surface area (Å²) in [5, 5.41) is 12.1. The Balaban J connectivity index is 1.68. The fraction of sp³-hybridized carbons (Fsp3) is 0.588. The van der Waals surface area contributed by atoms with Crippen molar-refractivity contribution in [2.45, 2.75) is 51.7 Å². The number of pyridine rings is 1. The van der Waals surface area contributed by atoms with Crippen LogP contribution in [-0.2, 0) is 4.74 Å². The largest absolute Gasteiger partial charge is 0.478 e. The van der Waals surface area contributed by atoms with Crippen LogP contribution >= 0.6 is 0 Å². The molecule has 2 aliphatic rings. The zero-order chi connectivity index (χ0) is 16.6. The van der Waals surface area contributed by atoms with Crippen LogP contribution in [-0.4, -0.2) is 40.7 Å². The first kappa shape index (κ1) is 15.9. The van der Waals surface area contributed by atoms with Crippen LogP contribution in [0.5, 0.6) is 0 Å². The zero-order valence-electron chi connectivity index (χ0n) is 13.5. The fourth-order valence-corrected chi connectivity index (χ4v) is 3.79. The highest BCUT2D eigenvalue weighted by atomic mass is 16.5. The van der Waals surface area contributed by atoms with Crippen molar-refractivity contribution in [1.82, 2.24) is 10.3 Å². The molecule has 1 heterocycles. The number of carboxylic acids is 1. The smallest absolute Gasteiger partial charge is 0.337 e. The van der Waals surface area contributed by atoms with Gasteiger partial charge in [-0.1, -0.05) is 6.42 Å². The molecule has 1 spiro atoms. The fourth-order valence-electron chi connectivity index (χ4n) is 3.79. The number of amides is 1. The van der Waals surface area contributed by atoms with Crippen molar-refractivity contribution in [3.63, 3.8) is 0 Å². The van der Waals surface area contributed by atoms with Crippen LogP contribution in [0.1, 0.15) is 59.1 Å². The van der Waals surface area contributed by atoms with E-state index in [0.717, 1.165) is 19.3 Å². The van der Waals surface area contributed by atoms with Crippen molar-refractivity contribution in [2.24, 2.45) is 5.41 Å². The minimum absolute atomic E-state index is 0.0989. The van der Waals surface area contributed by atoms with Crippen LogP contribution in [0.25, 0.3) is 0 Å². The Morgan fingerprint density at radius 1 is 1.43 bits per heavy atom. The number of hydrogen-bond acceptors (Lipinski definition) is 4. The van der Waals surface area contributed by atoms with E-state index in [1.54, 1.807) is 6.92 Å². The van der Waals surface area contributed by atoms with E-state index < -0.39 is 5.97 Å². The second-order valence-corrected chi connectivity index (χ2v) is 6.43. The van der Waals surface area contributed by atoms with Crippen molar-refractivity contribution in [3.05, 3.63) is 29.1 Å². The molecule has 2 saturated carbocycles. The van der Waals surface area contributed by atoms with Gasteiger partial charge in [-0.2, -0.15) is 0 Å². The van der Waals surface area contributed by atoms with Gasteiger partial charge in [-0.25, -0.2) is 9.78 Å². The summed E-state index contributed by atoms with van der Waals surface area (Å²) >= 11 is 0. The molecule has 0 aliphatic heterocycles. The molecule has 3 rings (SSSR count). The summed E-state index contributed by atoms with van der Waals surface area (Å²) in [5.41, 5.74) is 0.838. The molecule has 1 aromatic rings. The molecule has 23 heavy (non-hydrogen) atoms. The van der Waals surface area contributed by atoms with E-state index in [1.165, 1.54) is 18.6 Å². The maximum atomic E-state index is 12.4. The second-order valence-electron chi connectivity index (χ2n) is 6.43. The van der Waals surface area contributed by atoms with Crippen LogP contribution < -0.4 is 5.32 Å². The van der Waals surface area contributed by atoms with Gasteiger partial charge in [0, 0.05) is 18.1 Å². The lowest BCUT2D eigenvalue weighted by Gasteiger charge is -2.60. The third-order valence-electron chi connectivity index (χ3n) is 5.29. The normalized spacial score (nSPS) is 24.6. The van der Waals surface area contributed by atoms with E-state index in [-0.39, 0.29) is 34.7 Å². The predicted octanol–water partition coefficient (Wildman–Crippen LogP) is 2.17. The number of carboxylic acid groups (broad SMARTS) is 1. The molecular formula is C17H22N2O4. The van der Waals surface area contributed by atoms with Crippen molar-refractivity contribution in [1.29, 1.82) is 0 Å². The molecule has 6 nitrogen and oxygen atoms in total. The number of rotatable bonds is 5. The Kier molecular flexibility index (Phi) is 4.10. The van der Waals surface area contributed by atoms with Crippen LogP contribution in [0.3, 0.4) is 0 Å². The molecule has 2 atom stereocenters. The van der Waals surface area contributed by atoms with Crippen molar-refractivity contribution >= 4 is 11.9 Å². The van der Waals surface area contributed by atoms with Crippen molar-refractivity contribution in [3.8, 4) is 0 Å². The highest BCUT2D eigenvalue weighted by Gasteiger charge is 2.59. The van der Waals surface area contributed by atoms with Crippen molar-refractivity contribution in [2.75, 3.05) is 6.61 Å². The molecule has 0 radical (unpaired) electrons. The summed E-state index contributed by atoms with van der Waals surface area (Å²) in [7, 11) is 0. The maximum Gasteiger partial charge on any atom is 0.337 e. The third-order valence-corrected chi connectivity index (χ3v) is 5.29. The van der Waals surface area contributed by atoms with Crippen LogP contribution in [0, 0.1) is 12.3 Å². The molecule has 1 aromatic heterocycles. The number of aromatic carboxylic acids is 1. The number of carbonyl (C=O) groups is 2. The van der Waals surface area contributed by atoms with E-state index in [4.69, 9.17) is 9.84 Å². The first-order chi connectivity index (χ1) is 11.0. The molecule has 2 aliphatic carbocycles. The van der Waals surface area contributed by atoms with E-state index in [1.807, 2.05) is 6.92 Å². The van der Waals surface area contributed by atoms with Crippen LogP contribution in [0.4, 0.5) is 0 Å². The van der Waals surface area contributed by atoms with Gasteiger partial charge in [-0.3, -0.25) is 4.79 Å². The van der Waals surface area contributed by atoms with E-state index >= 15 is 0 Å². The summed E-state index contributed by atoms with van der Waals surface area (Å²) in [5.74, 6) is -1.27. The molecule has 0 saturated heterocycles. The lowest BCUT2D eigenvalue weighted by atomic mass is 9.51. The van der Waals surface area contributed by atoms with Gasteiger partial charge in [0.2, 0.25) is 0 Å². The number of aromatic nitrogens is 1. The quantitative estimate of drug-likeness (QED) is 0.868. The van der Waals surface area contributed by atoms with Gasteiger partial charge < -0.3 is 15.2 Å². The molecule has 0 aromatic carbocycles. The van der Waals surface area contributed by atoms with Crippen LogP contribution in [0.2, 0.25) is 0 Å². The zero-order valence-corrected chi connectivity index (χ0v) is 13.5. The minimum atomic E-state index is -1.03. The predicted molar refractivity (Wildman–Crippen MR) is 83.5 cm³/mol. The molecule has 1 amide bonds. The molecule has 2 unspecified atom stereocenters. The molecule has 124 valence electrons. The average Bonchev–Trinajstić information content (AvgIpc) is 2.43. The van der Waals surface area contributed by atoms with Gasteiger partial charge >= 0.3 is 5.97 Å². The Morgan fingerprint density at radius 2 is 2.17 bits per heavy atom. The van der Waals surface area contributed by atoms with E-state index in [0.29, 0.717) is 12.3 Å². The van der Waals surface area contributed by atoms with E-state index in [9.17, 15) is 9.59 Å². The Labute approximate surface area is 135 Å².